The van der Waals surface area contributed by atoms with Crippen LogP contribution in [0, 0.1) is 0 Å². The van der Waals surface area contributed by atoms with Crippen molar-refractivity contribution in [3.8, 4) is 0 Å². The van der Waals surface area contributed by atoms with Crippen molar-refractivity contribution in [2.24, 2.45) is 0 Å². The van der Waals surface area contributed by atoms with E-state index in [9.17, 15) is 9.59 Å². The number of carbonyl (C=O) groups excluding carboxylic acids is 2. The highest BCUT2D eigenvalue weighted by molar-refractivity contribution is 6.06. The largest absolute Gasteiger partial charge is 0.363 e. The number of imide groups is 1. The predicted octanol–water partition coefficient (Wildman–Crippen LogP) is 0.234. The maximum absolute atomic E-state index is 11.7. The zero-order valence-corrected chi connectivity index (χ0v) is 8.27. The standard InChI is InChI=1S/C9H11N3O3/c1-2-12-8(13)5-6(9(12)14)10-7-3-4-15-11-7/h3-4,6H,2,5H2,1H3,(H,10,11). The van der Waals surface area contributed by atoms with Crippen LogP contribution < -0.4 is 5.32 Å². The first kappa shape index (κ1) is 9.70. The highest BCUT2D eigenvalue weighted by atomic mass is 16.5. The molecule has 0 aliphatic carbocycles. The molecule has 0 aromatic carbocycles. The molecule has 1 unspecified atom stereocenters. The molecular weight excluding hydrogens is 198 g/mol. The van der Waals surface area contributed by atoms with Crippen molar-refractivity contribution in [3.63, 3.8) is 0 Å². The fraction of sp³-hybridized carbons (Fsp3) is 0.444. The Kier molecular flexibility index (Phi) is 2.40. The van der Waals surface area contributed by atoms with Crippen LogP contribution in [0.25, 0.3) is 0 Å². The molecular formula is C9H11N3O3. The summed E-state index contributed by atoms with van der Waals surface area (Å²) >= 11 is 0. The highest BCUT2D eigenvalue weighted by Crippen LogP contribution is 2.16. The first-order valence-corrected chi connectivity index (χ1v) is 4.73. The van der Waals surface area contributed by atoms with E-state index in [-0.39, 0.29) is 18.2 Å². The summed E-state index contributed by atoms with van der Waals surface area (Å²) in [6, 6.07) is 1.09. The number of carbonyl (C=O) groups is 2. The molecule has 0 bridgehead atoms. The van der Waals surface area contributed by atoms with Gasteiger partial charge < -0.3 is 9.84 Å². The lowest BCUT2D eigenvalue weighted by molar-refractivity contribution is -0.138. The van der Waals surface area contributed by atoms with Crippen LogP contribution >= 0.6 is 0 Å². The summed E-state index contributed by atoms with van der Waals surface area (Å²) in [6.45, 7) is 2.18. The maximum atomic E-state index is 11.7. The number of amides is 2. The molecule has 80 valence electrons. The Hall–Kier alpha value is -1.85. The fourth-order valence-corrected chi connectivity index (χ4v) is 1.59. The Morgan fingerprint density at radius 2 is 2.47 bits per heavy atom. The highest BCUT2D eigenvalue weighted by Gasteiger charge is 2.37. The molecule has 1 N–H and O–H groups in total. The number of nitrogens with one attached hydrogen (secondary N) is 1. The van der Waals surface area contributed by atoms with Gasteiger partial charge in [0.1, 0.15) is 12.3 Å². The van der Waals surface area contributed by atoms with Crippen LogP contribution in [0.3, 0.4) is 0 Å². The maximum Gasteiger partial charge on any atom is 0.252 e. The molecule has 6 heteroatoms. The molecule has 6 nitrogen and oxygen atoms in total. The molecule has 0 spiro atoms. The summed E-state index contributed by atoms with van der Waals surface area (Å²) in [4.78, 5) is 24.3. The Morgan fingerprint density at radius 1 is 1.67 bits per heavy atom. The van der Waals surface area contributed by atoms with E-state index in [1.54, 1.807) is 13.0 Å². The lowest BCUT2D eigenvalue weighted by Gasteiger charge is -2.11. The lowest BCUT2D eigenvalue weighted by atomic mass is 10.2. The molecule has 1 fully saturated rings. The van der Waals surface area contributed by atoms with E-state index in [0.717, 1.165) is 0 Å². The molecule has 1 aliphatic heterocycles. The molecule has 1 aliphatic rings. The minimum absolute atomic E-state index is 0.150. The second-order valence-electron chi connectivity index (χ2n) is 3.26. The topological polar surface area (TPSA) is 75.4 Å². The van der Waals surface area contributed by atoms with Crippen molar-refractivity contribution in [3.05, 3.63) is 12.3 Å². The fourth-order valence-electron chi connectivity index (χ4n) is 1.59. The van der Waals surface area contributed by atoms with Gasteiger partial charge >= 0.3 is 0 Å². The third kappa shape index (κ3) is 1.70. The Bertz CT molecular complexity index is 374. The van der Waals surface area contributed by atoms with Crippen molar-refractivity contribution >= 4 is 17.6 Å². The number of anilines is 1. The average Bonchev–Trinajstić information content (AvgIpc) is 2.78. The van der Waals surface area contributed by atoms with Crippen molar-refractivity contribution in [1.29, 1.82) is 0 Å². The molecule has 2 rings (SSSR count). The summed E-state index contributed by atoms with van der Waals surface area (Å²) in [7, 11) is 0. The Balaban J connectivity index is 2.06. The van der Waals surface area contributed by atoms with E-state index in [0.29, 0.717) is 12.4 Å². The van der Waals surface area contributed by atoms with Crippen LogP contribution in [-0.4, -0.2) is 34.5 Å². The molecule has 1 atom stereocenters. The Labute approximate surface area is 86.2 Å². The van der Waals surface area contributed by atoms with Gasteiger partial charge in [-0.2, -0.15) is 0 Å². The second kappa shape index (κ2) is 3.72. The van der Waals surface area contributed by atoms with Crippen LogP contribution in [-0.2, 0) is 9.59 Å². The zero-order valence-electron chi connectivity index (χ0n) is 8.27. The smallest absolute Gasteiger partial charge is 0.252 e. The second-order valence-corrected chi connectivity index (χ2v) is 3.26. The van der Waals surface area contributed by atoms with Gasteiger partial charge in [-0.05, 0) is 6.92 Å². The molecule has 0 radical (unpaired) electrons. The number of hydrogen-bond donors (Lipinski definition) is 1. The summed E-state index contributed by atoms with van der Waals surface area (Å²) < 4.78 is 4.62. The van der Waals surface area contributed by atoms with Gasteiger partial charge in [0.25, 0.3) is 5.91 Å². The molecule has 15 heavy (non-hydrogen) atoms. The monoisotopic (exact) mass is 209 g/mol. The van der Waals surface area contributed by atoms with Gasteiger partial charge in [-0.3, -0.25) is 14.5 Å². The number of likely N-dealkylation sites (tertiary alicyclic amines) is 1. The number of hydrogen-bond acceptors (Lipinski definition) is 5. The quantitative estimate of drug-likeness (QED) is 0.721. The van der Waals surface area contributed by atoms with Gasteiger partial charge in [0.15, 0.2) is 5.82 Å². The van der Waals surface area contributed by atoms with Crippen molar-refractivity contribution < 1.29 is 14.1 Å². The molecule has 1 saturated heterocycles. The first-order chi connectivity index (χ1) is 7.22. The normalized spacial score (nSPS) is 21.1. The van der Waals surface area contributed by atoms with Crippen LogP contribution in [0.5, 0.6) is 0 Å². The van der Waals surface area contributed by atoms with E-state index in [4.69, 9.17) is 0 Å². The summed E-state index contributed by atoms with van der Waals surface area (Å²) in [5.74, 6) is 0.119. The minimum atomic E-state index is -0.512. The predicted molar refractivity (Wildman–Crippen MR) is 50.9 cm³/mol. The van der Waals surface area contributed by atoms with Crippen LogP contribution in [0.15, 0.2) is 16.9 Å². The van der Waals surface area contributed by atoms with E-state index < -0.39 is 6.04 Å². The SMILES string of the molecule is CCN1C(=O)CC(Nc2ccon2)C1=O. The van der Waals surface area contributed by atoms with Crippen LogP contribution in [0.2, 0.25) is 0 Å². The van der Waals surface area contributed by atoms with E-state index in [1.807, 2.05) is 0 Å². The van der Waals surface area contributed by atoms with Gasteiger partial charge in [0.2, 0.25) is 5.91 Å². The first-order valence-electron chi connectivity index (χ1n) is 4.73. The van der Waals surface area contributed by atoms with Crippen LogP contribution in [0.4, 0.5) is 5.82 Å². The van der Waals surface area contributed by atoms with Crippen molar-refractivity contribution in [2.45, 2.75) is 19.4 Å². The van der Waals surface area contributed by atoms with E-state index in [2.05, 4.69) is 15.0 Å². The third-order valence-electron chi connectivity index (χ3n) is 2.32. The van der Waals surface area contributed by atoms with Gasteiger partial charge in [-0.25, -0.2) is 0 Å². The number of nitrogens with zero attached hydrogens (tertiary/aromatic N) is 2. The van der Waals surface area contributed by atoms with Gasteiger partial charge in [0, 0.05) is 12.6 Å². The number of rotatable bonds is 3. The summed E-state index contributed by atoms with van der Waals surface area (Å²) in [6.07, 6.45) is 1.58. The van der Waals surface area contributed by atoms with Crippen molar-refractivity contribution in [1.82, 2.24) is 10.1 Å². The zero-order chi connectivity index (χ0) is 10.8. The molecule has 1 aromatic rings. The number of aromatic nitrogens is 1. The van der Waals surface area contributed by atoms with Crippen LogP contribution in [0.1, 0.15) is 13.3 Å². The molecule has 1 aromatic heterocycles. The lowest BCUT2D eigenvalue weighted by Crippen LogP contribution is -2.34. The molecule has 2 amide bonds. The van der Waals surface area contributed by atoms with Crippen molar-refractivity contribution in [2.75, 3.05) is 11.9 Å². The molecule has 0 saturated carbocycles. The van der Waals surface area contributed by atoms with Gasteiger partial charge in [0.05, 0.1) is 6.42 Å². The minimum Gasteiger partial charge on any atom is -0.363 e. The third-order valence-corrected chi connectivity index (χ3v) is 2.32. The van der Waals surface area contributed by atoms with Gasteiger partial charge in [-0.1, -0.05) is 5.16 Å². The van der Waals surface area contributed by atoms with E-state index >= 15 is 0 Å². The average molecular weight is 209 g/mol. The molecule has 2 heterocycles. The van der Waals surface area contributed by atoms with E-state index in [1.165, 1.54) is 11.2 Å². The van der Waals surface area contributed by atoms with Gasteiger partial charge in [-0.15, -0.1) is 0 Å². The summed E-state index contributed by atoms with van der Waals surface area (Å²) in [5, 5.41) is 6.47. The Morgan fingerprint density at radius 3 is 3.00 bits per heavy atom. The number of likely N-dealkylation sites (N-methyl/N-ethyl adjacent to an activating group) is 1. The summed E-state index contributed by atoms with van der Waals surface area (Å²) in [5.41, 5.74) is 0.